The highest BCUT2D eigenvalue weighted by Gasteiger charge is 2.02. The molecule has 0 N–H and O–H groups in total. The molecule has 1 heterocycles. The smallest absolute Gasteiger partial charge is 0.170 e. The Bertz CT molecular complexity index is 275. The maximum absolute atomic E-state index is 2.28. The van der Waals surface area contributed by atoms with Crippen LogP contribution in [0, 0.1) is 5.92 Å². The average molecular weight is 207 g/mol. The minimum atomic E-state index is 0.812. The molecule has 0 fully saturated rings. The van der Waals surface area contributed by atoms with Crippen molar-refractivity contribution in [3.8, 4) is 0 Å². The lowest BCUT2D eigenvalue weighted by Gasteiger charge is -2.10. The van der Waals surface area contributed by atoms with Crippen LogP contribution in [0.2, 0.25) is 0 Å². The van der Waals surface area contributed by atoms with Gasteiger partial charge in [-0.05, 0) is 12.3 Å². The molecule has 0 spiro atoms. The summed E-state index contributed by atoms with van der Waals surface area (Å²) >= 11 is 0. The first-order valence-corrected chi connectivity index (χ1v) is 5.76. The maximum Gasteiger partial charge on any atom is 0.170 e. The van der Waals surface area contributed by atoms with Crippen LogP contribution in [0.5, 0.6) is 0 Å². The average Bonchev–Trinajstić information content (AvgIpc) is 2.18. The van der Waals surface area contributed by atoms with E-state index in [2.05, 4.69) is 61.9 Å². The van der Waals surface area contributed by atoms with Gasteiger partial charge < -0.3 is 4.90 Å². The Labute approximate surface area is 93.5 Å². The predicted octanol–water partition coefficient (Wildman–Crippen LogP) is 2.48. The first-order chi connectivity index (χ1) is 7.09. The predicted molar refractivity (Wildman–Crippen MR) is 65.0 cm³/mol. The van der Waals surface area contributed by atoms with Crippen molar-refractivity contribution in [3.05, 3.63) is 24.5 Å². The van der Waals surface area contributed by atoms with E-state index in [0.29, 0.717) is 0 Å². The quantitative estimate of drug-likeness (QED) is 0.673. The molecule has 84 valence electrons. The van der Waals surface area contributed by atoms with Gasteiger partial charge in [0.25, 0.3) is 0 Å². The summed E-state index contributed by atoms with van der Waals surface area (Å²) in [7, 11) is 4.14. The molecule has 1 aromatic rings. The minimum absolute atomic E-state index is 0.812. The lowest BCUT2D eigenvalue weighted by Crippen LogP contribution is -2.33. The lowest BCUT2D eigenvalue weighted by molar-refractivity contribution is -0.697. The fourth-order valence-corrected chi connectivity index (χ4v) is 1.58. The molecule has 0 bridgehead atoms. The Hall–Kier alpha value is -1.05. The molecule has 0 aromatic carbocycles. The van der Waals surface area contributed by atoms with E-state index >= 15 is 0 Å². The molecule has 0 saturated heterocycles. The van der Waals surface area contributed by atoms with E-state index in [4.69, 9.17) is 0 Å². The zero-order valence-electron chi connectivity index (χ0n) is 10.4. The van der Waals surface area contributed by atoms with Crippen LogP contribution in [0.4, 0.5) is 5.69 Å². The molecule has 1 aromatic heterocycles. The zero-order valence-corrected chi connectivity index (χ0v) is 10.4. The topological polar surface area (TPSA) is 7.12 Å². The highest BCUT2D eigenvalue weighted by molar-refractivity contribution is 5.41. The molecule has 2 heteroatoms. The first kappa shape index (κ1) is 12.0. The number of pyridine rings is 1. The standard InChI is InChI=1S/C13H23N2/c1-12(2)6-5-9-15-10-7-13(8-11-15)14(3)4/h7-8,10-12H,5-6,9H2,1-4H3/q+1. The van der Waals surface area contributed by atoms with Gasteiger partial charge in [-0.2, -0.15) is 0 Å². The van der Waals surface area contributed by atoms with Crippen LogP contribution >= 0.6 is 0 Å². The summed E-state index contributed by atoms with van der Waals surface area (Å²) in [5.74, 6) is 0.812. The van der Waals surface area contributed by atoms with E-state index in [9.17, 15) is 0 Å². The molecule has 15 heavy (non-hydrogen) atoms. The molecule has 0 atom stereocenters. The van der Waals surface area contributed by atoms with Crippen molar-refractivity contribution in [2.45, 2.75) is 33.2 Å². The van der Waals surface area contributed by atoms with Crippen molar-refractivity contribution in [3.63, 3.8) is 0 Å². The monoisotopic (exact) mass is 207 g/mol. The van der Waals surface area contributed by atoms with Gasteiger partial charge in [-0.25, -0.2) is 4.57 Å². The Balaban J connectivity index is 2.43. The summed E-state index contributed by atoms with van der Waals surface area (Å²) in [5, 5.41) is 0. The molecule has 0 aliphatic carbocycles. The Morgan fingerprint density at radius 2 is 1.80 bits per heavy atom. The zero-order chi connectivity index (χ0) is 11.3. The number of nitrogens with zero attached hydrogens (tertiary/aromatic N) is 2. The molecule has 1 rings (SSSR count). The van der Waals surface area contributed by atoms with E-state index in [0.717, 1.165) is 12.5 Å². The molecule has 2 nitrogen and oxygen atoms in total. The van der Waals surface area contributed by atoms with Crippen molar-refractivity contribution >= 4 is 5.69 Å². The minimum Gasteiger partial charge on any atom is -0.377 e. The second-order valence-electron chi connectivity index (χ2n) is 4.72. The summed E-state index contributed by atoms with van der Waals surface area (Å²) in [6.45, 7) is 5.69. The Kier molecular flexibility index (Phi) is 4.60. The largest absolute Gasteiger partial charge is 0.377 e. The summed E-state index contributed by atoms with van der Waals surface area (Å²) in [5.41, 5.74) is 1.26. The number of aromatic nitrogens is 1. The maximum atomic E-state index is 2.28. The van der Waals surface area contributed by atoms with Gasteiger partial charge in [-0.15, -0.1) is 0 Å². The van der Waals surface area contributed by atoms with Gasteiger partial charge in [0.2, 0.25) is 0 Å². The number of hydrogen-bond acceptors (Lipinski definition) is 1. The lowest BCUT2D eigenvalue weighted by atomic mass is 10.1. The third-order valence-corrected chi connectivity index (χ3v) is 2.59. The first-order valence-electron chi connectivity index (χ1n) is 5.76. The number of aryl methyl sites for hydroxylation is 1. The van der Waals surface area contributed by atoms with Crippen LogP contribution in [0.1, 0.15) is 26.7 Å². The van der Waals surface area contributed by atoms with Gasteiger partial charge >= 0.3 is 0 Å². The third kappa shape index (κ3) is 4.32. The number of rotatable bonds is 5. The van der Waals surface area contributed by atoms with Crippen LogP contribution < -0.4 is 9.47 Å². The van der Waals surface area contributed by atoms with Crippen LogP contribution in [0.3, 0.4) is 0 Å². The van der Waals surface area contributed by atoms with Crippen molar-refractivity contribution < 1.29 is 4.57 Å². The van der Waals surface area contributed by atoms with Gasteiger partial charge in [-0.1, -0.05) is 13.8 Å². The highest BCUT2D eigenvalue weighted by atomic mass is 15.1. The van der Waals surface area contributed by atoms with Crippen molar-refractivity contribution in [1.82, 2.24) is 0 Å². The summed E-state index contributed by atoms with van der Waals surface area (Å²) in [4.78, 5) is 2.12. The second kappa shape index (κ2) is 5.74. The summed E-state index contributed by atoms with van der Waals surface area (Å²) in [6, 6.07) is 4.32. The van der Waals surface area contributed by atoms with E-state index < -0.39 is 0 Å². The van der Waals surface area contributed by atoms with Crippen LogP contribution in [-0.4, -0.2) is 14.1 Å². The molecular weight excluding hydrogens is 184 g/mol. The molecule has 0 saturated carbocycles. The summed E-state index contributed by atoms with van der Waals surface area (Å²) < 4.78 is 2.26. The molecule has 0 aliphatic heterocycles. The van der Waals surface area contributed by atoms with Crippen molar-refractivity contribution in [2.24, 2.45) is 5.92 Å². The fraction of sp³-hybridized carbons (Fsp3) is 0.615. The van der Waals surface area contributed by atoms with E-state index in [1.165, 1.54) is 18.5 Å². The molecule has 0 aliphatic rings. The Morgan fingerprint density at radius 1 is 1.20 bits per heavy atom. The van der Waals surface area contributed by atoms with Gasteiger partial charge in [0.05, 0.1) is 0 Å². The Morgan fingerprint density at radius 3 is 2.27 bits per heavy atom. The van der Waals surface area contributed by atoms with Crippen LogP contribution in [0.25, 0.3) is 0 Å². The van der Waals surface area contributed by atoms with Gasteiger partial charge in [0.1, 0.15) is 6.54 Å². The molecule has 0 unspecified atom stereocenters. The fourth-order valence-electron chi connectivity index (χ4n) is 1.58. The summed E-state index contributed by atoms with van der Waals surface area (Å²) in [6.07, 6.45) is 6.90. The van der Waals surface area contributed by atoms with Crippen LogP contribution in [0.15, 0.2) is 24.5 Å². The third-order valence-electron chi connectivity index (χ3n) is 2.59. The van der Waals surface area contributed by atoms with Gasteiger partial charge in [0.15, 0.2) is 12.4 Å². The van der Waals surface area contributed by atoms with Gasteiger partial charge in [0, 0.05) is 38.3 Å². The second-order valence-corrected chi connectivity index (χ2v) is 4.72. The normalized spacial score (nSPS) is 10.7. The SMILES string of the molecule is CC(C)CCC[n+]1ccc(N(C)C)cc1. The number of anilines is 1. The number of hydrogen-bond donors (Lipinski definition) is 0. The van der Waals surface area contributed by atoms with E-state index in [-0.39, 0.29) is 0 Å². The van der Waals surface area contributed by atoms with Crippen LogP contribution in [-0.2, 0) is 6.54 Å². The van der Waals surface area contributed by atoms with Gasteiger partial charge in [-0.3, -0.25) is 0 Å². The molecule has 0 amide bonds. The molecule has 0 radical (unpaired) electrons. The molecular formula is C13H23N2+. The van der Waals surface area contributed by atoms with Crippen molar-refractivity contribution in [2.75, 3.05) is 19.0 Å². The van der Waals surface area contributed by atoms with E-state index in [1.807, 2.05) is 0 Å². The van der Waals surface area contributed by atoms with E-state index in [1.54, 1.807) is 0 Å². The van der Waals surface area contributed by atoms with Crippen molar-refractivity contribution in [1.29, 1.82) is 0 Å². The highest BCUT2D eigenvalue weighted by Crippen LogP contribution is 2.07.